The van der Waals surface area contributed by atoms with E-state index in [9.17, 15) is 4.79 Å². The standard InChI is InChI=1S/C19H18N2O2S/c1-23-15-9-5-8-14(12-15)21(18(22)13-6-4-7-13)19-20-16-10-2-3-11-17(16)24-19/h2-3,5,8-13H,4,6-7H2,1H3. The molecule has 1 amide bonds. The first-order chi connectivity index (χ1) is 11.8. The maximum Gasteiger partial charge on any atom is 0.236 e. The van der Waals surface area contributed by atoms with Gasteiger partial charge in [-0.05, 0) is 37.1 Å². The van der Waals surface area contributed by atoms with Gasteiger partial charge >= 0.3 is 0 Å². The first-order valence-corrected chi connectivity index (χ1v) is 8.91. The van der Waals surface area contributed by atoms with E-state index in [1.165, 1.54) is 0 Å². The highest BCUT2D eigenvalue weighted by Crippen LogP contribution is 2.38. The summed E-state index contributed by atoms with van der Waals surface area (Å²) in [7, 11) is 1.63. The SMILES string of the molecule is COc1cccc(N(C(=O)C2CCC2)c2nc3ccccc3s2)c1. The lowest BCUT2D eigenvalue weighted by atomic mass is 9.84. The van der Waals surface area contributed by atoms with Crippen molar-refractivity contribution in [1.29, 1.82) is 0 Å². The number of rotatable bonds is 4. The number of hydrogen-bond donors (Lipinski definition) is 0. The molecule has 0 N–H and O–H groups in total. The fraction of sp³-hybridized carbons (Fsp3) is 0.263. The second-order valence-electron chi connectivity index (χ2n) is 5.97. The molecule has 1 aliphatic carbocycles. The Kier molecular flexibility index (Phi) is 3.94. The molecule has 0 atom stereocenters. The summed E-state index contributed by atoms with van der Waals surface area (Å²) in [5.74, 6) is 0.969. The van der Waals surface area contributed by atoms with Gasteiger partial charge in [-0.15, -0.1) is 0 Å². The van der Waals surface area contributed by atoms with Crippen molar-refractivity contribution in [3.8, 4) is 5.75 Å². The third kappa shape index (κ3) is 2.65. The highest BCUT2D eigenvalue weighted by Gasteiger charge is 2.32. The molecule has 3 aromatic rings. The lowest BCUT2D eigenvalue weighted by molar-refractivity contribution is -0.123. The first-order valence-electron chi connectivity index (χ1n) is 8.10. The maximum atomic E-state index is 13.1. The Morgan fingerprint density at radius 3 is 2.75 bits per heavy atom. The van der Waals surface area contributed by atoms with Crippen LogP contribution in [-0.2, 0) is 4.79 Å². The van der Waals surface area contributed by atoms with Crippen LogP contribution in [-0.4, -0.2) is 18.0 Å². The van der Waals surface area contributed by atoms with E-state index in [-0.39, 0.29) is 11.8 Å². The van der Waals surface area contributed by atoms with Crippen molar-refractivity contribution in [2.75, 3.05) is 12.0 Å². The number of ether oxygens (including phenoxy) is 1. The lowest BCUT2D eigenvalue weighted by Crippen LogP contribution is -2.35. The average Bonchev–Trinajstić information content (AvgIpc) is 2.97. The van der Waals surface area contributed by atoms with Gasteiger partial charge in [-0.1, -0.05) is 36.0 Å². The molecule has 0 saturated heterocycles. The second-order valence-corrected chi connectivity index (χ2v) is 6.98. The van der Waals surface area contributed by atoms with Crippen molar-refractivity contribution in [1.82, 2.24) is 4.98 Å². The molecule has 24 heavy (non-hydrogen) atoms. The number of aromatic nitrogens is 1. The van der Waals surface area contributed by atoms with Crippen LogP contribution in [0.5, 0.6) is 5.75 Å². The smallest absolute Gasteiger partial charge is 0.236 e. The third-order valence-electron chi connectivity index (χ3n) is 4.46. The summed E-state index contributed by atoms with van der Waals surface area (Å²) in [5.41, 5.74) is 1.73. The number of thiazole rings is 1. The lowest BCUT2D eigenvalue weighted by Gasteiger charge is -2.30. The molecule has 0 radical (unpaired) electrons. The molecule has 0 bridgehead atoms. The summed E-state index contributed by atoms with van der Waals surface area (Å²) >= 11 is 1.55. The van der Waals surface area contributed by atoms with Crippen LogP contribution in [0.2, 0.25) is 0 Å². The van der Waals surface area contributed by atoms with Gasteiger partial charge in [0.1, 0.15) is 5.75 Å². The summed E-state index contributed by atoms with van der Waals surface area (Å²) in [5, 5.41) is 0.723. The zero-order chi connectivity index (χ0) is 16.5. The molecule has 5 heteroatoms. The van der Waals surface area contributed by atoms with E-state index in [4.69, 9.17) is 4.74 Å². The normalized spacial score (nSPS) is 14.4. The number of fused-ring (bicyclic) bond motifs is 1. The summed E-state index contributed by atoms with van der Waals surface area (Å²) in [6, 6.07) is 15.6. The highest BCUT2D eigenvalue weighted by molar-refractivity contribution is 7.22. The molecule has 0 spiro atoms. The number of amides is 1. The number of benzene rings is 2. The first kappa shape index (κ1) is 15.1. The quantitative estimate of drug-likeness (QED) is 0.688. The number of methoxy groups -OCH3 is 1. The molecule has 1 saturated carbocycles. The van der Waals surface area contributed by atoms with E-state index in [1.807, 2.05) is 48.5 Å². The van der Waals surface area contributed by atoms with Gasteiger partial charge in [-0.25, -0.2) is 4.98 Å². The topological polar surface area (TPSA) is 42.4 Å². The molecule has 4 rings (SSSR count). The zero-order valence-electron chi connectivity index (χ0n) is 13.4. The Bertz CT molecular complexity index is 853. The molecule has 122 valence electrons. The molecular weight excluding hydrogens is 320 g/mol. The van der Waals surface area contributed by atoms with Gasteiger partial charge in [0.2, 0.25) is 5.91 Å². The van der Waals surface area contributed by atoms with Crippen molar-refractivity contribution in [2.45, 2.75) is 19.3 Å². The number of anilines is 2. The van der Waals surface area contributed by atoms with Crippen molar-refractivity contribution in [3.63, 3.8) is 0 Å². The fourth-order valence-electron chi connectivity index (χ4n) is 2.87. The number of nitrogens with zero attached hydrogens (tertiary/aromatic N) is 2. The van der Waals surface area contributed by atoms with Gasteiger partial charge < -0.3 is 4.74 Å². The minimum Gasteiger partial charge on any atom is -0.497 e. The molecule has 2 aromatic carbocycles. The summed E-state index contributed by atoms with van der Waals surface area (Å²) in [4.78, 5) is 19.5. The van der Waals surface area contributed by atoms with Crippen molar-refractivity contribution >= 4 is 38.3 Å². The Labute approximate surface area is 144 Å². The van der Waals surface area contributed by atoms with Gasteiger partial charge in [-0.3, -0.25) is 9.69 Å². The third-order valence-corrected chi connectivity index (χ3v) is 5.48. The molecule has 1 aromatic heterocycles. The Morgan fingerprint density at radius 2 is 2.04 bits per heavy atom. The van der Waals surface area contributed by atoms with Crippen LogP contribution in [0.15, 0.2) is 48.5 Å². The Hall–Kier alpha value is -2.40. The monoisotopic (exact) mass is 338 g/mol. The van der Waals surface area contributed by atoms with Crippen molar-refractivity contribution < 1.29 is 9.53 Å². The summed E-state index contributed by atoms with van der Waals surface area (Å²) in [6.07, 6.45) is 3.05. The highest BCUT2D eigenvalue weighted by atomic mass is 32.1. The maximum absolute atomic E-state index is 13.1. The number of para-hydroxylation sites is 1. The molecule has 0 aliphatic heterocycles. The minimum atomic E-state index is 0.100. The van der Waals surface area contributed by atoms with Crippen LogP contribution >= 0.6 is 11.3 Å². The molecule has 0 unspecified atom stereocenters. The van der Waals surface area contributed by atoms with Crippen molar-refractivity contribution in [2.24, 2.45) is 5.92 Å². The molecule has 4 nitrogen and oxygen atoms in total. The van der Waals surface area contributed by atoms with Crippen LogP contribution in [0, 0.1) is 5.92 Å². The van der Waals surface area contributed by atoms with E-state index in [0.29, 0.717) is 0 Å². The largest absolute Gasteiger partial charge is 0.497 e. The van der Waals surface area contributed by atoms with E-state index in [2.05, 4.69) is 4.98 Å². The van der Waals surface area contributed by atoms with Gasteiger partial charge in [0.25, 0.3) is 0 Å². The van der Waals surface area contributed by atoms with Crippen LogP contribution in [0.1, 0.15) is 19.3 Å². The van der Waals surface area contributed by atoms with Gasteiger partial charge in [0.15, 0.2) is 5.13 Å². The number of carbonyl (C=O) groups excluding carboxylic acids is 1. The van der Waals surface area contributed by atoms with E-state index >= 15 is 0 Å². The molecule has 1 heterocycles. The van der Waals surface area contributed by atoms with Gasteiger partial charge in [-0.2, -0.15) is 0 Å². The van der Waals surface area contributed by atoms with Gasteiger partial charge in [0.05, 0.1) is 23.0 Å². The second kappa shape index (κ2) is 6.24. The van der Waals surface area contributed by atoms with E-state index < -0.39 is 0 Å². The Balaban J connectivity index is 1.81. The molecule has 1 aliphatic rings. The van der Waals surface area contributed by atoms with E-state index in [1.54, 1.807) is 23.3 Å². The zero-order valence-corrected chi connectivity index (χ0v) is 14.3. The average molecular weight is 338 g/mol. The van der Waals surface area contributed by atoms with Crippen LogP contribution in [0.25, 0.3) is 10.2 Å². The minimum absolute atomic E-state index is 0.100. The summed E-state index contributed by atoms with van der Waals surface area (Å²) < 4.78 is 6.41. The number of hydrogen-bond acceptors (Lipinski definition) is 4. The van der Waals surface area contributed by atoms with Crippen LogP contribution in [0.3, 0.4) is 0 Å². The van der Waals surface area contributed by atoms with Gasteiger partial charge in [0, 0.05) is 12.0 Å². The van der Waals surface area contributed by atoms with Crippen LogP contribution in [0.4, 0.5) is 10.8 Å². The van der Waals surface area contributed by atoms with Crippen molar-refractivity contribution in [3.05, 3.63) is 48.5 Å². The molecule has 1 fully saturated rings. The fourth-order valence-corrected chi connectivity index (χ4v) is 3.87. The van der Waals surface area contributed by atoms with E-state index in [0.717, 1.165) is 46.0 Å². The number of carbonyl (C=O) groups is 1. The predicted molar refractivity (Wildman–Crippen MR) is 97.1 cm³/mol. The molecular formula is C19H18N2O2S. The summed E-state index contributed by atoms with van der Waals surface area (Å²) in [6.45, 7) is 0. The Morgan fingerprint density at radius 1 is 1.21 bits per heavy atom. The predicted octanol–water partition coefficient (Wildman–Crippen LogP) is 4.77. The van der Waals surface area contributed by atoms with Crippen LogP contribution < -0.4 is 9.64 Å².